The lowest BCUT2D eigenvalue weighted by Crippen LogP contribution is -2.39. The third-order valence-electron chi connectivity index (χ3n) is 5.67. The molecule has 0 N–H and O–H groups in total. The van der Waals surface area contributed by atoms with E-state index in [2.05, 4.69) is 47.4 Å². The highest BCUT2D eigenvalue weighted by molar-refractivity contribution is 5.76. The minimum absolute atomic E-state index is 0.228. The van der Waals surface area contributed by atoms with Crippen LogP contribution in [0.1, 0.15) is 75.1 Å². The molecule has 1 aromatic carbocycles. The zero-order chi connectivity index (χ0) is 19.1. The van der Waals surface area contributed by atoms with E-state index in [-0.39, 0.29) is 5.91 Å². The molecule has 5 nitrogen and oxygen atoms in total. The summed E-state index contributed by atoms with van der Waals surface area (Å²) in [6, 6.07) is 11.1. The maximum Gasteiger partial charge on any atom is 0.226 e. The first kappa shape index (κ1) is 19.6. The first-order valence-corrected chi connectivity index (χ1v) is 10.3. The van der Waals surface area contributed by atoms with E-state index in [9.17, 15) is 4.79 Å². The van der Waals surface area contributed by atoms with Gasteiger partial charge in [-0.25, -0.2) is 0 Å². The Balaban J connectivity index is 1.40. The first-order chi connectivity index (χ1) is 13.2. The summed E-state index contributed by atoms with van der Waals surface area (Å²) in [5.41, 5.74) is 1.44. The van der Waals surface area contributed by atoms with E-state index in [4.69, 9.17) is 4.52 Å². The predicted octanol–water partition coefficient (Wildman–Crippen LogP) is 4.53. The number of amides is 1. The lowest BCUT2D eigenvalue weighted by Gasteiger charge is -2.35. The van der Waals surface area contributed by atoms with Crippen molar-refractivity contribution in [3.63, 3.8) is 0 Å². The van der Waals surface area contributed by atoms with Crippen molar-refractivity contribution in [1.82, 2.24) is 15.0 Å². The number of benzene rings is 1. The van der Waals surface area contributed by atoms with Crippen LogP contribution in [0.5, 0.6) is 0 Å². The Labute approximate surface area is 162 Å². The van der Waals surface area contributed by atoms with Crippen molar-refractivity contribution in [1.29, 1.82) is 0 Å². The summed E-state index contributed by atoms with van der Waals surface area (Å²) in [5, 5.41) is 3.96. The van der Waals surface area contributed by atoms with Crippen LogP contribution in [-0.2, 0) is 17.6 Å². The predicted molar refractivity (Wildman–Crippen MR) is 105 cm³/mol. The van der Waals surface area contributed by atoms with Crippen LogP contribution in [0.4, 0.5) is 0 Å². The van der Waals surface area contributed by atoms with E-state index >= 15 is 0 Å². The van der Waals surface area contributed by atoms with Crippen LogP contribution in [-0.4, -0.2) is 34.0 Å². The first-order valence-electron chi connectivity index (χ1n) is 10.3. The van der Waals surface area contributed by atoms with Crippen molar-refractivity contribution in [2.75, 3.05) is 7.05 Å². The Kier molecular flexibility index (Phi) is 7.02. The highest BCUT2D eigenvalue weighted by Gasteiger charge is 2.27. The monoisotopic (exact) mass is 369 g/mol. The third kappa shape index (κ3) is 5.41. The fraction of sp³-hybridized carbons (Fsp3) is 0.591. The number of carbonyl (C=O) groups is 1. The number of aryl methyl sites for hydroxylation is 2. The van der Waals surface area contributed by atoms with E-state index in [1.54, 1.807) is 0 Å². The van der Waals surface area contributed by atoms with Crippen molar-refractivity contribution >= 4 is 5.91 Å². The molecule has 0 bridgehead atoms. The van der Waals surface area contributed by atoms with Gasteiger partial charge in [0.05, 0.1) is 0 Å². The van der Waals surface area contributed by atoms with Crippen molar-refractivity contribution in [3.8, 4) is 0 Å². The van der Waals surface area contributed by atoms with Crippen LogP contribution in [0, 0.1) is 0 Å². The SMILES string of the molecule is CCCc1noc(CCCC(=O)N(C)C2CCC(c3ccccc3)CC2)n1. The van der Waals surface area contributed by atoms with Gasteiger partial charge in [0, 0.05) is 32.4 Å². The topological polar surface area (TPSA) is 59.2 Å². The number of carbonyl (C=O) groups excluding carboxylic acids is 1. The number of aromatic nitrogens is 2. The minimum atomic E-state index is 0.228. The Bertz CT molecular complexity index is 705. The summed E-state index contributed by atoms with van der Waals surface area (Å²) in [6.45, 7) is 2.10. The molecule has 3 rings (SSSR count). The van der Waals surface area contributed by atoms with E-state index in [0.29, 0.717) is 30.7 Å². The average molecular weight is 370 g/mol. The molecule has 0 aliphatic heterocycles. The molecule has 0 atom stereocenters. The summed E-state index contributed by atoms with van der Waals surface area (Å²) < 4.78 is 5.24. The number of nitrogens with zero attached hydrogens (tertiary/aromatic N) is 3. The summed E-state index contributed by atoms with van der Waals surface area (Å²) in [4.78, 5) is 18.9. The van der Waals surface area contributed by atoms with Crippen LogP contribution < -0.4 is 0 Å². The van der Waals surface area contributed by atoms with Gasteiger partial charge in [0.15, 0.2) is 5.82 Å². The zero-order valence-corrected chi connectivity index (χ0v) is 16.6. The van der Waals surface area contributed by atoms with Crippen LogP contribution in [0.2, 0.25) is 0 Å². The summed E-state index contributed by atoms with van der Waals surface area (Å²) in [6.07, 6.45) is 8.33. The van der Waals surface area contributed by atoms with E-state index in [1.165, 1.54) is 5.56 Å². The van der Waals surface area contributed by atoms with Gasteiger partial charge in [0.2, 0.25) is 11.8 Å². The van der Waals surface area contributed by atoms with Gasteiger partial charge in [0.25, 0.3) is 0 Å². The van der Waals surface area contributed by atoms with Gasteiger partial charge in [-0.15, -0.1) is 0 Å². The Hall–Kier alpha value is -2.17. The van der Waals surface area contributed by atoms with Crippen LogP contribution >= 0.6 is 0 Å². The number of hydrogen-bond acceptors (Lipinski definition) is 4. The molecule has 5 heteroatoms. The van der Waals surface area contributed by atoms with Crippen molar-refractivity contribution < 1.29 is 9.32 Å². The highest BCUT2D eigenvalue weighted by Crippen LogP contribution is 2.34. The molecule has 2 aromatic rings. The Morgan fingerprint density at radius 2 is 1.89 bits per heavy atom. The van der Waals surface area contributed by atoms with Gasteiger partial charge < -0.3 is 9.42 Å². The molecular weight excluding hydrogens is 338 g/mol. The average Bonchev–Trinajstić information content (AvgIpc) is 3.16. The van der Waals surface area contributed by atoms with Crippen LogP contribution in [0.25, 0.3) is 0 Å². The molecule has 0 spiro atoms. The normalized spacial score (nSPS) is 19.8. The molecule has 1 amide bonds. The fourth-order valence-corrected chi connectivity index (χ4v) is 4.01. The molecule has 0 saturated heterocycles. The number of rotatable bonds is 8. The second kappa shape index (κ2) is 9.67. The van der Waals surface area contributed by atoms with E-state index < -0.39 is 0 Å². The van der Waals surface area contributed by atoms with Gasteiger partial charge in [-0.1, -0.05) is 42.4 Å². The molecule has 1 saturated carbocycles. The lowest BCUT2D eigenvalue weighted by molar-refractivity contribution is -0.132. The maximum absolute atomic E-state index is 12.6. The molecule has 0 unspecified atom stereocenters. The Morgan fingerprint density at radius 3 is 2.59 bits per heavy atom. The maximum atomic E-state index is 12.6. The van der Waals surface area contributed by atoms with Crippen molar-refractivity contribution in [2.45, 2.75) is 76.7 Å². The fourth-order valence-electron chi connectivity index (χ4n) is 4.01. The Morgan fingerprint density at radius 1 is 1.15 bits per heavy atom. The molecular formula is C22H31N3O2. The number of hydrogen-bond donors (Lipinski definition) is 0. The highest BCUT2D eigenvalue weighted by atomic mass is 16.5. The smallest absolute Gasteiger partial charge is 0.226 e. The molecule has 1 aliphatic rings. The zero-order valence-electron chi connectivity index (χ0n) is 16.6. The summed E-state index contributed by atoms with van der Waals surface area (Å²) in [5.74, 6) is 2.29. The quantitative estimate of drug-likeness (QED) is 0.686. The van der Waals surface area contributed by atoms with E-state index in [0.717, 1.165) is 50.8 Å². The standard InChI is InChI=1S/C22H31N3O2/c1-3-8-20-23-21(27-24-20)11-7-12-22(26)25(2)19-15-13-18(14-16-19)17-9-5-4-6-10-17/h4-6,9-10,18-19H,3,7-8,11-16H2,1-2H3. The summed E-state index contributed by atoms with van der Waals surface area (Å²) >= 11 is 0. The van der Waals surface area contributed by atoms with E-state index in [1.807, 2.05) is 11.9 Å². The molecule has 1 fully saturated rings. The van der Waals surface area contributed by atoms with Gasteiger partial charge >= 0.3 is 0 Å². The molecule has 1 aromatic heterocycles. The molecule has 146 valence electrons. The second-order valence-electron chi connectivity index (χ2n) is 7.63. The van der Waals surface area contributed by atoms with Crippen LogP contribution in [0.3, 0.4) is 0 Å². The lowest BCUT2D eigenvalue weighted by atomic mass is 9.81. The van der Waals surface area contributed by atoms with Gasteiger partial charge in [-0.2, -0.15) is 4.98 Å². The summed E-state index contributed by atoms with van der Waals surface area (Å²) in [7, 11) is 1.96. The molecule has 1 aliphatic carbocycles. The van der Waals surface area contributed by atoms with Gasteiger partial charge in [0.1, 0.15) is 0 Å². The largest absolute Gasteiger partial charge is 0.343 e. The van der Waals surface area contributed by atoms with Gasteiger partial charge in [-0.05, 0) is 50.0 Å². The third-order valence-corrected chi connectivity index (χ3v) is 5.67. The second-order valence-corrected chi connectivity index (χ2v) is 7.63. The van der Waals surface area contributed by atoms with Crippen molar-refractivity contribution in [2.24, 2.45) is 0 Å². The minimum Gasteiger partial charge on any atom is -0.343 e. The molecule has 27 heavy (non-hydrogen) atoms. The molecule has 1 heterocycles. The van der Waals surface area contributed by atoms with Gasteiger partial charge in [-0.3, -0.25) is 4.79 Å². The van der Waals surface area contributed by atoms with Crippen molar-refractivity contribution in [3.05, 3.63) is 47.6 Å². The molecule has 0 radical (unpaired) electrons. The van der Waals surface area contributed by atoms with Crippen LogP contribution in [0.15, 0.2) is 34.9 Å².